The molecule has 1 rings (SSSR count). The summed E-state index contributed by atoms with van der Waals surface area (Å²) in [5.41, 5.74) is 5.90. The molecule has 0 aromatic heterocycles. The van der Waals surface area contributed by atoms with Gasteiger partial charge in [0.05, 0.1) is 0 Å². The molecule has 0 unspecified atom stereocenters. The summed E-state index contributed by atoms with van der Waals surface area (Å²) in [5.74, 6) is 0.875. The number of nitrogens with one attached hydrogen (secondary N) is 1. The van der Waals surface area contributed by atoms with Crippen molar-refractivity contribution in [3.63, 3.8) is 0 Å². The minimum Gasteiger partial charge on any atom is -0.328 e. The maximum atomic E-state index is 5.90. The third-order valence-corrected chi connectivity index (χ3v) is 3.91. The zero-order valence-electron chi connectivity index (χ0n) is 11.9. The highest BCUT2D eigenvalue weighted by Gasteiger charge is 2.17. The first-order chi connectivity index (χ1) is 8.18. The van der Waals surface area contributed by atoms with Crippen LogP contribution in [0.2, 0.25) is 0 Å². The van der Waals surface area contributed by atoms with Gasteiger partial charge in [0.25, 0.3) is 0 Å². The monoisotopic (exact) mass is 240 g/mol. The van der Waals surface area contributed by atoms with Crippen LogP contribution in [0.15, 0.2) is 0 Å². The molecule has 0 amide bonds. The SMILES string of the molecule is CC(C)CCCCCCNC1CCC(N)CC1. The van der Waals surface area contributed by atoms with Crippen LogP contribution in [0.5, 0.6) is 0 Å². The molecule has 1 aliphatic carbocycles. The van der Waals surface area contributed by atoms with Crippen LogP contribution in [0.3, 0.4) is 0 Å². The molecule has 3 N–H and O–H groups in total. The smallest absolute Gasteiger partial charge is 0.00682 e. The van der Waals surface area contributed by atoms with Crippen molar-refractivity contribution in [1.82, 2.24) is 5.32 Å². The molecule has 0 aliphatic heterocycles. The van der Waals surface area contributed by atoms with Crippen LogP contribution in [0, 0.1) is 5.92 Å². The van der Waals surface area contributed by atoms with Crippen LogP contribution in [0.25, 0.3) is 0 Å². The van der Waals surface area contributed by atoms with Gasteiger partial charge < -0.3 is 11.1 Å². The minimum atomic E-state index is 0.476. The average molecular weight is 240 g/mol. The van der Waals surface area contributed by atoms with Crippen molar-refractivity contribution in [3.05, 3.63) is 0 Å². The maximum Gasteiger partial charge on any atom is 0.00682 e. The fourth-order valence-electron chi connectivity index (χ4n) is 2.66. The Morgan fingerprint density at radius 1 is 1.00 bits per heavy atom. The summed E-state index contributed by atoms with van der Waals surface area (Å²) in [7, 11) is 0. The zero-order chi connectivity index (χ0) is 12.5. The van der Waals surface area contributed by atoms with Crippen molar-refractivity contribution in [2.24, 2.45) is 11.7 Å². The Bertz CT molecular complexity index is 172. The largest absolute Gasteiger partial charge is 0.328 e. The molecule has 1 fully saturated rings. The second kappa shape index (κ2) is 8.93. The first kappa shape index (κ1) is 15.0. The van der Waals surface area contributed by atoms with E-state index in [0.29, 0.717) is 6.04 Å². The quantitative estimate of drug-likeness (QED) is 0.638. The third-order valence-electron chi connectivity index (χ3n) is 3.91. The molecule has 17 heavy (non-hydrogen) atoms. The Morgan fingerprint density at radius 3 is 2.29 bits per heavy atom. The van der Waals surface area contributed by atoms with Crippen LogP contribution < -0.4 is 11.1 Å². The predicted octanol–water partition coefficient (Wildman–Crippen LogP) is 3.45. The number of rotatable bonds is 8. The average Bonchev–Trinajstić information content (AvgIpc) is 2.30. The van der Waals surface area contributed by atoms with E-state index in [9.17, 15) is 0 Å². The molecule has 0 aromatic rings. The lowest BCUT2D eigenvalue weighted by Gasteiger charge is -2.26. The summed E-state index contributed by atoms with van der Waals surface area (Å²) < 4.78 is 0. The number of hydrogen-bond acceptors (Lipinski definition) is 2. The van der Waals surface area contributed by atoms with Crippen molar-refractivity contribution in [2.75, 3.05) is 6.54 Å². The van der Waals surface area contributed by atoms with Gasteiger partial charge in [-0.3, -0.25) is 0 Å². The van der Waals surface area contributed by atoms with E-state index in [0.717, 1.165) is 12.0 Å². The molecule has 1 aliphatic rings. The van der Waals surface area contributed by atoms with Gasteiger partial charge in [-0.25, -0.2) is 0 Å². The Balaban J connectivity index is 1.84. The van der Waals surface area contributed by atoms with Crippen LogP contribution in [0.4, 0.5) is 0 Å². The Kier molecular flexibility index (Phi) is 7.87. The lowest BCUT2D eigenvalue weighted by Crippen LogP contribution is -2.37. The van der Waals surface area contributed by atoms with Gasteiger partial charge in [-0.1, -0.05) is 39.5 Å². The molecule has 0 aromatic carbocycles. The van der Waals surface area contributed by atoms with Crippen LogP contribution in [0.1, 0.15) is 71.6 Å². The first-order valence-corrected chi connectivity index (χ1v) is 7.67. The van der Waals surface area contributed by atoms with Crippen LogP contribution in [-0.2, 0) is 0 Å². The third kappa shape index (κ3) is 7.77. The van der Waals surface area contributed by atoms with Crippen LogP contribution in [-0.4, -0.2) is 18.6 Å². The highest BCUT2D eigenvalue weighted by molar-refractivity contribution is 4.78. The maximum absolute atomic E-state index is 5.90. The molecule has 0 atom stereocenters. The fourth-order valence-corrected chi connectivity index (χ4v) is 2.66. The molecule has 102 valence electrons. The molecule has 0 bridgehead atoms. The van der Waals surface area contributed by atoms with E-state index >= 15 is 0 Å². The van der Waals surface area contributed by atoms with E-state index in [-0.39, 0.29) is 0 Å². The summed E-state index contributed by atoms with van der Waals surface area (Å²) >= 11 is 0. The number of unbranched alkanes of at least 4 members (excludes halogenated alkanes) is 3. The van der Waals surface area contributed by atoms with Crippen molar-refractivity contribution >= 4 is 0 Å². The Labute approximate surface area is 108 Å². The summed E-state index contributed by atoms with van der Waals surface area (Å²) in [6.45, 7) is 5.84. The van der Waals surface area contributed by atoms with Gasteiger partial charge in [0.15, 0.2) is 0 Å². The molecule has 2 nitrogen and oxygen atoms in total. The second-order valence-electron chi connectivity index (χ2n) is 6.16. The summed E-state index contributed by atoms with van der Waals surface area (Å²) in [4.78, 5) is 0. The normalized spacial score (nSPS) is 25.4. The fraction of sp³-hybridized carbons (Fsp3) is 1.00. The van der Waals surface area contributed by atoms with Gasteiger partial charge in [0.2, 0.25) is 0 Å². The Morgan fingerprint density at radius 2 is 1.65 bits per heavy atom. The summed E-state index contributed by atoms with van der Waals surface area (Å²) in [6.07, 6.45) is 12.0. The zero-order valence-corrected chi connectivity index (χ0v) is 11.9. The standard InChI is InChI=1S/C15H32N2/c1-13(2)7-5-3-4-6-12-17-15-10-8-14(16)9-11-15/h13-15,17H,3-12,16H2,1-2H3. The molecular formula is C15H32N2. The molecule has 0 spiro atoms. The minimum absolute atomic E-state index is 0.476. The lowest BCUT2D eigenvalue weighted by atomic mass is 9.92. The van der Waals surface area contributed by atoms with E-state index in [1.54, 1.807) is 0 Å². The topological polar surface area (TPSA) is 38.0 Å². The highest BCUT2D eigenvalue weighted by atomic mass is 14.9. The molecular weight excluding hydrogens is 208 g/mol. The van der Waals surface area contributed by atoms with Gasteiger partial charge >= 0.3 is 0 Å². The van der Waals surface area contributed by atoms with E-state index in [1.807, 2.05) is 0 Å². The van der Waals surface area contributed by atoms with Crippen molar-refractivity contribution < 1.29 is 0 Å². The second-order valence-corrected chi connectivity index (χ2v) is 6.16. The summed E-state index contributed by atoms with van der Waals surface area (Å²) in [5, 5.41) is 3.69. The molecule has 0 radical (unpaired) electrons. The van der Waals surface area contributed by atoms with Crippen molar-refractivity contribution in [3.8, 4) is 0 Å². The molecule has 1 saturated carbocycles. The molecule has 2 heteroatoms. The first-order valence-electron chi connectivity index (χ1n) is 7.67. The predicted molar refractivity (Wildman–Crippen MR) is 76.2 cm³/mol. The van der Waals surface area contributed by atoms with E-state index in [4.69, 9.17) is 5.73 Å². The van der Waals surface area contributed by atoms with Crippen LogP contribution >= 0.6 is 0 Å². The molecule has 0 saturated heterocycles. The van der Waals surface area contributed by atoms with Gasteiger partial charge in [-0.15, -0.1) is 0 Å². The van der Waals surface area contributed by atoms with Crippen molar-refractivity contribution in [2.45, 2.75) is 83.7 Å². The van der Waals surface area contributed by atoms with Gasteiger partial charge in [0.1, 0.15) is 0 Å². The van der Waals surface area contributed by atoms with Gasteiger partial charge in [0, 0.05) is 12.1 Å². The van der Waals surface area contributed by atoms with E-state index in [2.05, 4.69) is 19.2 Å². The van der Waals surface area contributed by atoms with E-state index < -0.39 is 0 Å². The lowest BCUT2D eigenvalue weighted by molar-refractivity contribution is 0.340. The highest BCUT2D eigenvalue weighted by Crippen LogP contribution is 2.17. The number of nitrogens with two attached hydrogens (primary N) is 1. The molecule has 0 heterocycles. The van der Waals surface area contributed by atoms with E-state index in [1.165, 1.54) is 64.3 Å². The number of hydrogen-bond donors (Lipinski definition) is 2. The van der Waals surface area contributed by atoms with Gasteiger partial charge in [-0.2, -0.15) is 0 Å². The van der Waals surface area contributed by atoms with Crippen molar-refractivity contribution in [1.29, 1.82) is 0 Å². The summed E-state index contributed by atoms with van der Waals surface area (Å²) in [6, 6.07) is 1.23. The van der Waals surface area contributed by atoms with Gasteiger partial charge in [-0.05, 0) is 44.6 Å². The Hall–Kier alpha value is -0.0800.